The van der Waals surface area contributed by atoms with Crippen molar-refractivity contribution in [1.29, 1.82) is 0 Å². The highest BCUT2D eigenvalue weighted by molar-refractivity contribution is 9.10. The maximum Gasteiger partial charge on any atom is 0.153 e. The summed E-state index contributed by atoms with van der Waals surface area (Å²) in [6.07, 6.45) is 4.86. The highest BCUT2D eigenvalue weighted by Crippen LogP contribution is 2.28. The predicted molar refractivity (Wildman–Crippen MR) is 86.8 cm³/mol. The van der Waals surface area contributed by atoms with E-state index in [1.807, 2.05) is 6.07 Å². The second kappa shape index (κ2) is 7.66. The van der Waals surface area contributed by atoms with Crippen LogP contribution in [0.15, 0.2) is 27.8 Å². The Morgan fingerprint density at radius 1 is 1.48 bits per heavy atom. The summed E-state index contributed by atoms with van der Waals surface area (Å²) in [5.41, 5.74) is 6.88. The van der Waals surface area contributed by atoms with Crippen molar-refractivity contribution >= 4 is 21.8 Å². The minimum absolute atomic E-state index is 0.259. The van der Waals surface area contributed by atoms with Gasteiger partial charge < -0.3 is 15.7 Å². The molecular formula is C15H22BrN3O2. The summed E-state index contributed by atoms with van der Waals surface area (Å²) in [7, 11) is 1.66. The van der Waals surface area contributed by atoms with Gasteiger partial charge in [-0.3, -0.25) is 4.90 Å². The average molecular weight is 356 g/mol. The molecule has 6 heteroatoms. The van der Waals surface area contributed by atoms with Crippen LogP contribution in [-0.4, -0.2) is 35.6 Å². The summed E-state index contributed by atoms with van der Waals surface area (Å²) in [6.45, 7) is 1.27. The topological polar surface area (TPSA) is 71.1 Å². The van der Waals surface area contributed by atoms with E-state index >= 15 is 0 Å². The third-order valence-electron chi connectivity index (χ3n) is 3.94. The zero-order valence-corrected chi connectivity index (χ0v) is 13.8. The number of rotatable bonds is 6. The van der Waals surface area contributed by atoms with E-state index in [4.69, 9.17) is 15.7 Å². The van der Waals surface area contributed by atoms with E-state index in [9.17, 15) is 0 Å². The smallest absolute Gasteiger partial charge is 0.153 e. The molecule has 0 spiro atoms. The van der Waals surface area contributed by atoms with E-state index in [0.717, 1.165) is 16.8 Å². The van der Waals surface area contributed by atoms with E-state index in [0.29, 0.717) is 12.6 Å². The SMILES string of the molecule is COc1ccc(CN(CC(N)=NO)C2CCCC2)cc1Br. The molecule has 0 radical (unpaired) electrons. The summed E-state index contributed by atoms with van der Waals surface area (Å²) >= 11 is 3.51. The first-order valence-corrected chi connectivity index (χ1v) is 7.96. The number of amidine groups is 1. The fourth-order valence-electron chi connectivity index (χ4n) is 2.87. The molecule has 21 heavy (non-hydrogen) atoms. The van der Waals surface area contributed by atoms with E-state index in [2.05, 4.69) is 38.1 Å². The summed E-state index contributed by atoms with van der Waals surface area (Å²) in [5, 5.41) is 11.9. The molecule has 0 bridgehead atoms. The number of methoxy groups -OCH3 is 1. The Morgan fingerprint density at radius 3 is 2.76 bits per heavy atom. The first kappa shape index (κ1) is 16.1. The first-order valence-electron chi connectivity index (χ1n) is 7.17. The second-order valence-corrected chi connectivity index (χ2v) is 6.26. The Hall–Kier alpha value is -1.27. The Labute approximate surface area is 133 Å². The van der Waals surface area contributed by atoms with Gasteiger partial charge in [-0.05, 0) is 46.5 Å². The van der Waals surface area contributed by atoms with Crippen LogP contribution in [-0.2, 0) is 6.54 Å². The largest absolute Gasteiger partial charge is 0.496 e. The van der Waals surface area contributed by atoms with Gasteiger partial charge in [-0.1, -0.05) is 24.1 Å². The molecule has 1 aromatic carbocycles. The fourth-order valence-corrected chi connectivity index (χ4v) is 3.45. The second-order valence-electron chi connectivity index (χ2n) is 5.40. The molecule has 5 nitrogen and oxygen atoms in total. The van der Waals surface area contributed by atoms with E-state index in [1.165, 1.54) is 31.2 Å². The van der Waals surface area contributed by atoms with Crippen molar-refractivity contribution in [3.63, 3.8) is 0 Å². The predicted octanol–water partition coefficient (Wildman–Crippen LogP) is 2.95. The van der Waals surface area contributed by atoms with Crippen molar-refractivity contribution in [2.45, 2.75) is 38.3 Å². The average Bonchev–Trinajstić information content (AvgIpc) is 3.01. The molecule has 1 saturated carbocycles. The molecular weight excluding hydrogens is 334 g/mol. The Morgan fingerprint density at radius 2 is 2.19 bits per heavy atom. The standard InChI is InChI=1S/C15H22BrN3O2/c1-21-14-7-6-11(8-13(14)16)9-19(10-15(17)18-20)12-4-2-3-5-12/h6-8,12,20H,2-5,9-10H2,1H3,(H2,17,18). The van der Waals surface area contributed by atoms with Gasteiger partial charge in [-0.25, -0.2) is 0 Å². The molecule has 0 heterocycles. The molecule has 0 atom stereocenters. The van der Waals surface area contributed by atoms with Gasteiger partial charge in [0.25, 0.3) is 0 Å². The number of hydrogen-bond donors (Lipinski definition) is 2. The summed E-state index contributed by atoms with van der Waals surface area (Å²) in [6, 6.07) is 6.58. The minimum Gasteiger partial charge on any atom is -0.496 e. The summed E-state index contributed by atoms with van der Waals surface area (Å²) < 4.78 is 6.20. The van der Waals surface area contributed by atoms with Crippen molar-refractivity contribution in [1.82, 2.24) is 4.90 Å². The lowest BCUT2D eigenvalue weighted by atomic mass is 10.1. The molecule has 3 N–H and O–H groups in total. The molecule has 0 amide bonds. The molecule has 0 saturated heterocycles. The molecule has 0 unspecified atom stereocenters. The first-order chi connectivity index (χ1) is 10.1. The zero-order chi connectivity index (χ0) is 15.2. The zero-order valence-electron chi connectivity index (χ0n) is 12.3. The monoisotopic (exact) mass is 355 g/mol. The van der Waals surface area contributed by atoms with Crippen LogP contribution in [0, 0.1) is 0 Å². The Kier molecular flexibility index (Phi) is 5.87. The Balaban J connectivity index is 2.11. The molecule has 1 aromatic rings. The van der Waals surface area contributed by atoms with Crippen LogP contribution >= 0.6 is 15.9 Å². The minimum atomic E-state index is 0.259. The molecule has 0 aliphatic heterocycles. The van der Waals surface area contributed by atoms with E-state index in [1.54, 1.807) is 7.11 Å². The number of oxime groups is 1. The normalized spacial score (nSPS) is 16.6. The van der Waals surface area contributed by atoms with E-state index < -0.39 is 0 Å². The van der Waals surface area contributed by atoms with Crippen LogP contribution in [0.2, 0.25) is 0 Å². The van der Waals surface area contributed by atoms with E-state index in [-0.39, 0.29) is 5.84 Å². The number of hydrogen-bond acceptors (Lipinski definition) is 4. The molecule has 2 rings (SSSR count). The lowest BCUT2D eigenvalue weighted by molar-refractivity contribution is 0.214. The van der Waals surface area contributed by atoms with Crippen molar-refractivity contribution in [3.8, 4) is 5.75 Å². The lowest BCUT2D eigenvalue weighted by Crippen LogP contribution is -2.39. The molecule has 1 fully saturated rings. The highest BCUT2D eigenvalue weighted by Gasteiger charge is 2.23. The third-order valence-corrected chi connectivity index (χ3v) is 4.56. The molecule has 0 aromatic heterocycles. The summed E-state index contributed by atoms with van der Waals surface area (Å²) in [4.78, 5) is 2.29. The van der Waals surface area contributed by atoms with Crippen molar-refractivity contribution < 1.29 is 9.94 Å². The van der Waals surface area contributed by atoms with Crippen LogP contribution in [0.3, 0.4) is 0 Å². The van der Waals surface area contributed by atoms with Gasteiger partial charge >= 0.3 is 0 Å². The lowest BCUT2D eigenvalue weighted by Gasteiger charge is -2.28. The molecule has 1 aliphatic carbocycles. The number of halogens is 1. The van der Waals surface area contributed by atoms with Gasteiger partial charge in [0.15, 0.2) is 5.84 Å². The van der Waals surface area contributed by atoms with Crippen LogP contribution < -0.4 is 10.5 Å². The Bertz CT molecular complexity index is 502. The van der Waals surface area contributed by atoms with Gasteiger partial charge in [-0.15, -0.1) is 0 Å². The van der Waals surface area contributed by atoms with Crippen LogP contribution in [0.25, 0.3) is 0 Å². The van der Waals surface area contributed by atoms with Crippen LogP contribution in [0.1, 0.15) is 31.2 Å². The highest BCUT2D eigenvalue weighted by atomic mass is 79.9. The van der Waals surface area contributed by atoms with Crippen LogP contribution in [0.5, 0.6) is 5.75 Å². The van der Waals surface area contributed by atoms with Crippen molar-refractivity contribution in [3.05, 3.63) is 28.2 Å². The van der Waals surface area contributed by atoms with Gasteiger partial charge in [0, 0.05) is 12.6 Å². The maximum atomic E-state index is 8.82. The van der Waals surface area contributed by atoms with Gasteiger partial charge in [0.1, 0.15) is 5.75 Å². The number of ether oxygens (including phenoxy) is 1. The third kappa shape index (κ3) is 4.35. The maximum absolute atomic E-state index is 8.82. The van der Waals surface area contributed by atoms with Gasteiger partial charge in [-0.2, -0.15) is 0 Å². The number of nitrogens with two attached hydrogens (primary N) is 1. The quantitative estimate of drug-likeness (QED) is 0.356. The fraction of sp³-hybridized carbons (Fsp3) is 0.533. The van der Waals surface area contributed by atoms with Crippen LogP contribution in [0.4, 0.5) is 0 Å². The number of nitrogens with zero attached hydrogens (tertiary/aromatic N) is 2. The van der Waals surface area contributed by atoms with Crippen molar-refractivity contribution in [2.24, 2.45) is 10.9 Å². The molecule has 116 valence electrons. The van der Waals surface area contributed by atoms with Gasteiger partial charge in [0.05, 0.1) is 18.1 Å². The number of benzene rings is 1. The van der Waals surface area contributed by atoms with Gasteiger partial charge in [0.2, 0.25) is 0 Å². The van der Waals surface area contributed by atoms with Crippen molar-refractivity contribution in [2.75, 3.05) is 13.7 Å². The summed E-state index contributed by atoms with van der Waals surface area (Å²) in [5.74, 6) is 1.08. The molecule has 1 aliphatic rings.